The van der Waals surface area contributed by atoms with E-state index in [4.69, 9.17) is 25.5 Å². The van der Waals surface area contributed by atoms with E-state index in [1.54, 1.807) is 12.1 Å². The van der Waals surface area contributed by atoms with E-state index in [9.17, 15) is 0 Å². The van der Waals surface area contributed by atoms with Crippen molar-refractivity contribution in [2.24, 2.45) is 5.73 Å². The van der Waals surface area contributed by atoms with Crippen LogP contribution in [0.1, 0.15) is 33.4 Å². The van der Waals surface area contributed by atoms with E-state index in [1.807, 2.05) is 33.8 Å². The third kappa shape index (κ3) is 3.11. The number of hydrogen-bond acceptors (Lipinski definition) is 6. The highest BCUT2D eigenvalue weighted by atomic mass is 16.7. The molecule has 0 saturated carbocycles. The monoisotopic (exact) mass is 305 g/mol. The Morgan fingerprint density at radius 3 is 2.36 bits per heavy atom. The van der Waals surface area contributed by atoms with Crippen molar-refractivity contribution in [3.63, 3.8) is 0 Å². The molecule has 0 spiro atoms. The predicted molar refractivity (Wildman–Crippen MR) is 88.3 cm³/mol. The van der Waals surface area contributed by atoms with Crippen molar-refractivity contribution in [2.45, 2.75) is 38.9 Å². The Bertz CT molecular complexity index is 571. The second-order valence-corrected chi connectivity index (χ2v) is 6.35. The molecule has 0 amide bonds. The number of pyridine rings is 1. The van der Waals surface area contributed by atoms with Gasteiger partial charge in [-0.1, -0.05) is 0 Å². The minimum atomic E-state index is -0.486. The van der Waals surface area contributed by atoms with E-state index >= 15 is 0 Å². The van der Waals surface area contributed by atoms with Gasteiger partial charge in [0, 0.05) is 6.54 Å². The van der Waals surface area contributed by atoms with Crippen LogP contribution in [0.4, 0.5) is 5.69 Å². The zero-order chi connectivity index (χ0) is 16.5. The Morgan fingerprint density at radius 1 is 1.27 bits per heavy atom. The molecule has 1 fully saturated rings. The molecule has 1 aliphatic heterocycles. The maximum Gasteiger partial charge on any atom is 0.491 e. The Balaban J connectivity index is 2.29. The fourth-order valence-corrected chi connectivity index (χ4v) is 2.12. The van der Waals surface area contributed by atoms with Crippen LogP contribution < -0.4 is 16.2 Å². The van der Waals surface area contributed by atoms with E-state index in [2.05, 4.69) is 4.98 Å². The Labute approximate surface area is 132 Å². The first kappa shape index (κ1) is 16.8. The molecule has 4 N–H and O–H groups in total. The molecule has 1 aromatic rings. The van der Waals surface area contributed by atoms with Gasteiger partial charge in [-0.3, -0.25) is 0 Å². The van der Waals surface area contributed by atoms with Gasteiger partial charge in [0.1, 0.15) is 0 Å². The van der Waals surface area contributed by atoms with Gasteiger partial charge in [-0.2, -0.15) is 0 Å². The topological polar surface area (TPSA) is 92.6 Å². The highest BCUT2D eigenvalue weighted by molar-refractivity contribution is 6.55. The fraction of sp³-hybridized carbons (Fsp3) is 0.533. The van der Waals surface area contributed by atoms with Crippen LogP contribution in [0, 0.1) is 0 Å². The van der Waals surface area contributed by atoms with Crippen LogP contribution in [0.25, 0.3) is 6.08 Å². The number of nitrogen functional groups attached to an aromatic ring is 1. The van der Waals surface area contributed by atoms with E-state index in [0.29, 0.717) is 23.8 Å². The van der Waals surface area contributed by atoms with Crippen molar-refractivity contribution >= 4 is 18.9 Å². The van der Waals surface area contributed by atoms with Crippen molar-refractivity contribution in [1.29, 1.82) is 0 Å². The maximum atomic E-state index is 6.02. The highest BCUT2D eigenvalue weighted by Gasteiger charge is 2.52. The SMILES string of the molecule is COc1nc(C=C(CN)B2OC(C)(C)C(C)(C)O2)ccc1N. The lowest BCUT2D eigenvalue weighted by Crippen LogP contribution is -2.41. The summed E-state index contributed by atoms with van der Waals surface area (Å²) in [6, 6.07) is 3.55. The number of anilines is 1. The van der Waals surface area contributed by atoms with Gasteiger partial charge in [-0.15, -0.1) is 0 Å². The van der Waals surface area contributed by atoms with Gasteiger partial charge >= 0.3 is 7.12 Å². The van der Waals surface area contributed by atoms with Crippen molar-refractivity contribution in [2.75, 3.05) is 19.4 Å². The molecule has 0 atom stereocenters. The predicted octanol–water partition coefficient (Wildman–Crippen LogP) is 1.65. The van der Waals surface area contributed by atoms with Crippen molar-refractivity contribution in [1.82, 2.24) is 4.98 Å². The van der Waals surface area contributed by atoms with Gasteiger partial charge in [-0.25, -0.2) is 4.98 Å². The lowest BCUT2D eigenvalue weighted by atomic mass is 9.77. The summed E-state index contributed by atoms with van der Waals surface area (Å²) in [5, 5.41) is 0. The summed E-state index contributed by atoms with van der Waals surface area (Å²) in [7, 11) is 1.05. The number of nitrogens with two attached hydrogens (primary N) is 2. The molecule has 22 heavy (non-hydrogen) atoms. The molecule has 0 bridgehead atoms. The van der Waals surface area contributed by atoms with E-state index in [1.165, 1.54) is 7.11 Å². The molecule has 0 unspecified atom stereocenters. The summed E-state index contributed by atoms with van der Waals surface area (Å²) in [4.78, 5) is 4.33. The first-order valence-electron chi connectivity index (χ1n) is 7.27. The minimum absolute atomic E-state index is 0.311. The van der Waals surface area contributed by atoms with Crippen LogP contribution in [0.3, 0.4) is 0 Å². The summed E-state index contributed by atoms with van der Waals surface area (Å²) in [6.07, 6.45) is 1.85. The van der Waals surface area contributed by atoms with Gasteiger partial charge < -0.3 is 25.5 Å². The average Bonchev–Trinajstić information content (AvgIpc) is 2.66. The quantitative estimate of drug-likeness (QED) is 0.822. The van der Waals surface area contributed by atoms with Crippen LogP contribution >= 0.6 is 0 Å². The van der Waals surface area contributed by atoms with E-state index in [0.717, 1.165) is 5.47 Å². The molecule has 7 heteroatoms. The molecule has 1 aliphatic rings. The second-order valence-electron chi connectivity index (χ2n) is 6.35. The lowest BCUT2D eigenvalue weighted by Gasteiger charge is -2.32. The molecule has 1 saturated heterocycles. The summed E-state index contributed by atoms with van der Waals surface area (Å²) >= 11 is 0. The normalized spacial score (nSPS) is 20.3. The van der Waals surface area contributed by atoms with Gasteiger partial charge in [-0.05, 0) is 51.4 Å². The van der Waals surface area contributed by atoms with E-state index < -0.39 is 18.3 Å². The Hall–Kier alpha value is -1.57. The molecular weight excluding hydrogens is 281 g/mol. The number of ether oxygens (including phenoxy) is 1. The van der Waals surface area contributed by atoms with Crippen LogP contribution in [0.5, 0.6) is 5.88 Å². The Kier molecular flexibility index (Phi) is 4.51. The number of methoxy groups -OCH3 is 1. The third-order valence-electron chi connectivity index (χ3n) is 4.23. The van der Waals surface area contributed by atoms with Gasteiger partial charge in [0.25, 0.3) is 0 Å². The van der Waals surface area contributed by atoms with Crippen LogP contribution in [-0.4, -0.2) is 37.0 Å². The Morgan fingerprint density at radius 2 is 1.86 bits per heavy atom. The van der Waals surface area contributed by atoms with Gasteiger partial charge in [0.15, 0.2) is 0 Å². The van der Waals surface area contributed by atoms with Crippen molar-refractivity contribution in [3.8, 4) is 5.88 Å². The first-order chi connectivity index (χ1) is 10.2. The zero-order valence-electron chi connectivity index (χ0n) is 13.8. The fourth-order valence-electron chi connectivity index (χ4n) is 2.12. The van der Waals surface area contributed by atoms with Gasteiger partial charge in [0.2, 0.25) is 5.88 Å². The summed E-state index contributed by atoms with van der Waals surface area (Å²) in [6.45, 7) is 8.33. The van der Waals surface area contributed by atoms with Crippen molar-refractivity contribution < 1.29 is 14.0 Å². The molecule has 1 aromatic heterocycles. The molecular formula is C15H24BN3O3. The lowest BCUT2D eigenvalue weighted by molar-refractivity contribution is 0.00578. The molecule has 2 rings (SSSR count). The summed E-state index contributed by atoms with van der Waals surface area (Å²) in [5.74, 6) is 0.388. The van der Waals surface area contributed by atoms with E-state index in [-0.39, 0.29) is 0 Å². The number of nitrogens with zero attached hydrogens (tertiary/aromatic N) is 1. The highest BCUT2D eigenvalue weighted by Crippen LogP contribution is 2.38. The standard InChI is InChI=1S/C15H24BN3O3/c1-14(2)15(3,4)22-16(21-14)10(9-17)8-11-6-7-12(18)13(19-11)20-5/h6-8H,9,17-18H2,1-5H3. The molecule has 2 heterocycles. The van der Waals surface area contributed by atoms with Crippen LogP contribution in [0.15, 0.2) is 17.6 Å². The maximum absolute atomic E-state index is 6.02. The van der Waals surface area contributed by atoms with Crippen LogP contribution in [-0.2, 0) is 9.31 Å². The first-order valence-corrected chi connectivity index (χ1v) is 7.27. The average molecular weight is 305 g/mol. The second kappa shape index (κ2) is 5.91. The molecule has 0 aliphatic carbocycles. The van der Waals surface area contributed by atoms with Gasteiger partial charge in [0.05, 0.1) is 29.7 Å². The van der Waals surface area contributed by atoms with Crippen LogP contribution in [0.2, 0.25) is 0 Å². The molecule has 120 valence electrons. The van der Waals surface area contributed by atoms with Crippen molar-refractivity contribution in [3.05, 3.63) is 23.3 Å². The molecule has 0 aromatic carbocycles. The summed E-state index contributed by atoms with van der Waals surface area (Å²) < 4.78 is 17.2. The largest absolute Gasteiger partial charge is 0.491 e. The zero-order valence-corrected chi connectivity index (χ0v) is 13.8. The number of aromatic nitrogens is 1. The smallest absolute Gasteiger partial charge is 0.480 e. The number of rotatable bonds is 4. The third-order valence-corrected chi connectivity index (χ3v) is 4.23. The minimum Gasteiger partial charge on any atom is -0.480 e. The number of hydrogen-bond donors (Lipinski definition) is 2. The summed E-state index contributed by atoms with van der Waals surface area (Å²) in [5.41, 5.74) is 12.8. The molecule has 6 nitrogen and oxygen atoms in total. The molecule has 0 radical (unpaired) electrons.